The van der Waals surface area contributed by atoms with Gasteiger partial charge >= 0.3 is 0 Å². The summed E-state index contributed by atoms with van der Waals surface area (Å²) in [5, 5.41) is 3.78. The summed E-state index contributed by atoms with van der Waals surface area (Å²) in [4.78, 5) is 28.6. The summed E-state index contributed by atoms with van der Waals surface area (Å²) in [6.07, 6.45) is 1.16. The van der Waals surface area contributed by atoms with Gasteiger partial charge in [-0.2, -0.15) is 0 Å². The van der Waals surface area contributed by atoms with Gasteiger partial charge in [0.15, 0.2) is 6.61 Å². The van der Waals surface area contributed by atoms with Crippen molar-refractivity contribution in [2.45, 2.75) is 46.2 Å². The van der Waals surface area contributed by atoms with Crippen LogP contribution < -0.4 is 10.1 Å². The molecule has 0 aliphatic heterocycles. The Kier molecular flexibility index (Phi) is 10.2. The van der Waals surface area contributed by atoms with Crippen LogP contribution >= 0.6 is 23.2 Å². The Labute approximate surface area is 223 Å². The van der Waals surface area contributed by atoms with Crippen molar-refractivity contribution in [3.63, 3.8) is 0 Å². The van der Waals surface area contributed by atoms with E-state index in [4.69, 9.17) is 27.9 Å². The van der Waals surface area contributed by atoms with Crippen LogP contribution in [0.1, 0.15) is 35.6 Å². The largest absolute Gasteiger partial charge is 0.483 e. The van der Waals surface area contributed by atoms with E-state index in [2.05, 4.69) is 5.32 Å². The van der Waals surface area contributed by atoms with Crippen LogP contribution in [0, 0.1) is 13.8 Å². The Morgan fingerprint density at radius 1 is 0.944 bits per heavy atom. The number of ether oxygens (including phenoxy) is 1. The summed E-state index contributed by atoms with van der Waals surface area (Å²) in [5.74, 6) is 0.142. The fourth-order valence-corrected chi connectivity index (χ4v) is 4.18. The molecule has 190 valence electrons. The first-order valence-corrected chi connectivity index (χ1v) is 12.8. The molecule has 0 aromatic heterocycles. The summed E-state index contributed by atoms with van der Waals surface area (Å²) >= 11 is 12.4. The number of amides is 2. The molecule has 5 nitrogen and oxygen atoms in total. The van der Waals surface area contributed by atoms with Crippen LogP contribution in [0.25, 0.3) is 0 Å². The summed E-state index contributed by atoms with van der Waals surface area (Å²) in [7, 11) is 0. The second kappa shape index (κ2) is 13.3. The molecule has 0 radical (unpaired) electrons. The number of halogens is 2. The lowest BCUT2D eigenvalue weighted by molar-refractivity contribution is -0.142. The maximum atomic E-state index is 13.6. The van der Waals surface area contributed by atoms with Crippen molar-refractivity contribution in [3.8, 4) is 5.75 Å². The third-order valence-electron chi connectivity index (χ3n) is 6.06. The molecule has 1 N–H and O–H groups in total. The summed E-state index contributed by atoms with van der Waals surface area (Å²) < 4.78 is 5.93. The maximum Gasteiger partial charge on any atom is 0.261 e. The van der Waals surface area contributed by atoms with Crippen molar-refractivity contribution in [2.75, 3.05) is 13.2 Å². The van der Waals surface area contributed by atoms with E-state index in [1.165, 1.54) is 0 Å². The van der Waals surface area contributed by atoms with Crippen molar-refractivity contribution >= 4 is 35.0 Å². The Morgan fingerprint density at radius 3 is 2.39 bits per heavy atom. The zero-order valence-electron chi connectivity index (χ0n) is 20.9. The zero-order chi connectivity index (χ0) is 26.1. The zero-order valence-corrected chi connectivity index (χ0v) is 22.4. The van der Waals surface area contributed by atoms with Gasteiger partial charge < -0.3 is 15.0 Å². The maximum absolute atomic E-state index is 13.6. The van der Waals surface area contributed by atoms with Crippen molar-refractivity contribution < 1.29 is 14.3 Å². The Bertz CT molecular complexity index is 1180. The fraction of sp³-hybridized carbons (Fsp3) is 0.310. The molecule has 3 rings (SSSR count). The molecule has 3 aromatic rings. The lowest BCUT2D eigenvalue weighted by Crippen LogP contribution is -2.51. The number of benzene rings is 3. The highest BCUT2D eigenvalue weighted by Gasteiger charge is 2.30. The SMILES string of the molecule is CCCNC(=O)[C@@H](Cc1ccccc1)N(Cc1ccc(Cl)c(Cl)c1)C(=O)COc1cccc(C)c1C. The van der Waals surface area contributed by atoms with E-state index in [1.54, 1.807) is 17.0 Å². The molecule has 0 aliphatic carbocycles. The van der Waals surface area contributed by atoms with Gasteiger partial charge in [0, 0.05) is 19.5 Å². The summed E-state index contributed by atoms with van der Waals surface area (Å²) in [6, 6.07) is 19.9. The first-order valence-electron chi connectivity index (χ1n) is 12.0. The number of carbonyl (C=O) groups is 2. The molecule has 0 fully saturated rings. The number of rotatable bonds is 11. The topological polar surface area (TPSA) is 58.6 Å². The third-order valence-corrected chi connectivity index (χ3v) is 6.80. The van der Waals surface area contributed by atoms with Crippen LogP contribution in [-0.4, -0.2) is 35.9 Å². The Balaban J connectivity index is 1.93. The van der Waals surface area contributed by atoms with Crippen LogP contribution in [0.3, 0.4) is 0 Å². The number of nitrogens with one attached hydrogen (secondary N) is 1. The normalized spacial score (nSPS) is 11.6. The van der Waals surface area contributed by atoms with Gasteiger partial charge in [-0.05, 0) is 60.7 Å². The van der Waals surface area contributed by atoms with Crippen LogP contribution in [0.4, 0.5) is 0 Å². The second-order valence-corrected chi connectivity index (χ2v) is 9.57. The number of nitrogens with zero attached hydrogens (tertiary/aromatic N) is 1. The van der Waals surface area contributed by atoms with Gasteiger partial charge in [0.25, 0.3) is 5.91 Å². The predicted octanol–water partition coefficient (Wildman–Crippen LogP) is 6.16. The molecule has 0 bridgehead atoms. The molecule has 36 heavy (non-hydrogen) atoms. The molecule has 0 saturated heterocycles. The quantitative estimate of drug-likeness (QED) is 0.325. The van der Waals surface area contributed by atoms with Gasteiger partial charge in [0.05, 0.1) is 10.0 Å². The Hall–Kier alpha value is -3.02. The van der Waals surface area contributed by atoms with Crippen molar-refractivity contribution in [3.05, 3.63) is 99.0 Å². The molecule has 0 saturated carbocycles. The van der Waals surface area contributed by atoms with E-state index in [0.717, 1.165) is 28.7 Å². The standard InChI is InChI=1S/C29H32Cl2N2O3/c1-4-15-32-29(35)26(17-22-10-6-5-7-11-22)33(18-23-13-14-24(30)25(31)16-23)28(34)19-36-27-12-8-9-20(2)21(27)3/h5-14,16,26H,4,15,17-19H2,1-3H3,(H,32,35)/t26-/m1/s1. The third kappa shape index (κ3) is 7.49. The molecular weight excluding hydrogens is 495 g/mol. The Morgan fingerprint density at radius 2 is 1.69 bits per heavy atom. The fourth-order valence-electron chi connectivity index (χ4n) is 3.86. The van der Waals surface area contributed by atoms with Gasteiger partial charge in [-0.25, -0.2) is 0 Å². The van der Waals surface area contributed by atoms with Crippen LogP contribution in [0.15, 0.2) is 66.7 Å². The van der Waals surface area contributed by atoms with E-state index >= 15 is 0 Å². The average Bonchev–Trinajstić information content (AvgIpc) is 2.88. The van der Waals surface area contributed by atoms with Crippen LogP contribution in [0.5, 0.6) is 5.75 Å². The number of hydrogen-bond donors (Lipinski definition) is 1. The molecule has 0 unspecified atom stereocenters. The molecule has 1 atom stereocenters. The molecule has 0 heterocycles. The van der Waals surface area contributed by atoms with Crippen LogP contribution in [-0.2, 0) is 22.6 Å². The predicted molar refractivity (Wildman–Crippen MR) is 146 cm³/mol. The lowest BCUT2D eigenvalue weighted by atomic mass is 10.0. The van der Waals surface area contributed by atoms with E-state index in [9.17, 15) is 9.59 Å². The monoisotopic (exact) mass is 526 g/mol. The summed E-state index contributed by atoms with van der Waals surface area (Å²) in [6.45, 7) is 6.45. The minimum Gasteiger partial charge on any atom is -0.483 e. The first kappa shape index (κ1) is 27.6. The van der Waals surface area contributed by atoms with Gasteiger partial charge in [-0.1, -0.05) is 78.7 Å². The van der Waals surface area contributed by atoms with Gasteiger partial charge in [0.1, 0.15) is 11.8 Å². The first-order chi connectivity index (χ1) is 17.3. The lowest BCUT2D eigenvalue weighted by Gasteiger charge is -2.31. The van der Waals surface area contributed by atoms with Gasteiger partial charge in [-0.15, -0.1) is 0 Å². The number of carbonyl (C=O) groups excluding carboxylic acids is 2. The highest BCUT2D eigenvalue weighted by Crippen LogP contribution is 2.25. The molecule has 3 aromatic carbocycles. The number of aryl methyl sites for hydroxylation is 1. The van der Waals surface area contributed by atoms with Gasteiger partial charge in [-0.3, -0.25) is 9.59 Å². The highest BCUT2D eigenvalue weighted by atomic mass is 35.5. The molecule has 0 spiro atoms. The molecule has 0 aliphatic rings. The van der Waals surface area contributed by atoms with E-state index in [0.29, 0.717) is 28.8 Å². The average molecular weight is 527 g/mol. The van der Waals surface area contributed by atoms with Crippen molar-refractivity contribution in [1.82, 2.24) is 10.2 Å². The molecular formula is C29H32Cl2N2O3. The molecule has 2 amide bonds. The van der Waals surface area contributed by atoms with E-state index < -0.39 is 6.04 Å². The smallest absolute Gasteiger partial charge is 0.261 e. The van der Waals surface area contributed by atoms with Gasteiger partial charge in [0.2, 0.25) is 5.91 Å². The second-order valence-electron chi connectivity index (χ2n) is 8.75. The van der Waals surface area contributed by atoms with Crippen LogP contribution in [0.2, 0.25) is 10.0 Å². The number of hydrogen-bond acceptors (Lipinski definition) is 3. The van der Waals surface area contributed by atoms with E-state index in [-0.39, 0.29) is 25.0 Å². The van der Waals surface area contributed by atoms with E-state index in [1.807, 2.05) is 75.4 Å². The highest BCUT2D eigenvalue weighted by molar-refractivity contribution is 6.42. The summed E-state index contributed by atoms with van der Waals surface area (Å²) in [5.41, 5.74) is 3.78. The van der Waals surface area contributed by atoms with Crippen molar-refractivity contribution in [1.29, 1.82) is 0 Å². The minimum absolute atomic E-state index is 0.183. The molecule has 7 heteroatoms. The minimum atomic E-state index is -0.733. The van der Waals surface area contributed by atoms with Crippen molar-refractivity contribution in [2.24, 2.45) is 0 Å².